The van der Waals surface area contributed by atoms with Gasteiger partial charge in [0.05, 0.1) is 24.4 Å². The van der Waals surface area contributed by atoms with Gasteiger partial charge < -0.3 is 8.98 Å². The second-order valence-electron chi connectivity index (χ2n) is 7.09. The van der Waals surface area contributed by atoms with Crippen LogP contribution in [0.1, 0.15) is 11.4 Å². The Hall–Kier alpha value is -2.33. The van der Waals surface area contributed by atoms with Gasteiger partial charge in [0.15, 0.2) is 0 Å². The minimum absolute atomic E-state index is 0.723. The summed E-state index contributed by atoms with van der Waals surface area (Å²) in [5.74, 6) is 2.71. The third-order valence-electron chi connectivity index (χ3n) is 5.51. The van der Waals surface area contributed by atoms with E-state index in [1.807, 2.05) is 6.26 Å². The van der Waals surface area contributed by atoms with E-state index in [0.717, 1.165) is 31.3 Å². The van der Waals surface area contributed by atoms with Crippen LogP contribution in [0, 0.1) is 11.8 Å². The average Bonchev–Trinajstić information content (AvgIpc) is 3.32. The Kier molecular flexibility index (Phi) is 3.30. The zero-order valence-electron chi connectivity index (χ0n) is 13.6. The Labute approximate surface area is 141 Å². The lowest BCUT2D eigenvalue weighted by molar-refractivity contribution is 0.306. The van der Waals surface area contributed by atoms with Gasteiger partial charge in [-0.15, -0.1) is 0 Å². The monoisotopic (exact) mass is 319 g/mol. The first-order valence-corrected chi connectivity index (χ1v) is 8.70. The molecule has 0 N–H and O–H groups in total. The summed E-state index contributed by atoms with van der Waals surface area (Å²) in [7, 11) is 0. The van der Waals surface area contributed by atoms with Crippen molar-refractivity contribution in [2.45, 2.75) is 19.5 Å². The van der Waals surface area contributed by atoms with Crippen LogP contribution >= 0.6 is 0 Å². The number of likely N-dealkylation sites (tertiary alicyclic amines) is 1. The number of hydrogen-bond acceptors (Lipinski definition) is 3. The first kappa shape index (κ1) is 14.1. The molecule has 0 aliphatic carbocycles. The molecule has 1 saturated heterocycles. The lowest BCUT2D eigenvalue weighted by Gasteiger charge is -2.27. The summed E-state index contributed by atoms with van der Waals surface area (Å²) < 4.78 is 7.65. The zero-order valence-corrected chi connectivity index (χ0v) is 13.6. The van der Waals surface area contributed by atoms with Gasteiger partial charge in [0.1, 0.15) is 5.82 Å². The van der Waals surface area contributed by atoms with E-state index in [4.69, 9.17) is 9.40 Å². The van der Waals surface area contributed by atoms with E-state index >= 15 is 0 Å². The Morgan fingerprint density at radius 2 is 1.92 bits per heavy atom. The van der Waals surface area contributed by atoms with Crippen molar-refractivity contribution in [2.24, 2.45) is 11.8 Å². The SMILES string of the molecule is c1ccc(-c2cnc3n2C[C@H]2CN(Cc4ccoc4)C[C@@H]2C3)cc1. The van der Waals surface area contributed by atoms with Crippen molar-refractivity contribution in [3.05, 3.63) is 66.5 Å². The standard InChI is InChI=1S/C20H21N3O/c1-2-4-16(5-3-1)19-9-21-20-8-17-11-22(10-15-6-7-24-14-15)12-18(17)13-23(19)20/h1-7,9,14,17-18H,8,10-13H2/t17-,18+/m0/s1. The maximum Gasteiger partial charge on any atom is 0.109 e. The summed E-state index contributed by atoms with van der Waals surface area (Å²) in [5, 5.41) is 0. The molecule has 1 fully saturated rings. The van der Waals surface area contributed by atoms with Crippen LogP contribution in [0.25, 0.3) is 11.3 Å². The van der Waals surface area contributed by atoms with Crippen molar-refractivity contribution in [3.63, 3.8) is 0 Å². The third-order valence-corrected chi connectivity index (χ3v) is 5.51. The Morgan fingerprint density at radius 1 is 1.04 bits per heavy atom. The number of nitrogens with zero attached hydrogens (tertiary/aromatic N) is 3. The molecule has 2 aromatic heterocycles. The fourth-order valence-corrected chi connectivity index (χ4v) is 4.33. The second kappa shape index (κ2) is 5.64. The van der Waals surface area contributed by atoms with Gasteiger partial charge in [-0.25, -0.2) is 4.98 Å². The van der Waals surface area contributed by atoms with Crippen LogP contribution in [0.15, 0.2) is 59.5 Å². The first-order valence-electron chi connectivity index (χ1n) is 8.70. The van der Waals surface area contributed by atoms with Crippen molar-refractivity contribution in [1.82, 2.24) is 14.5 Å². The normalized spacial score (nSPS) is 23.2. The average molecular weight is 319 g/mol. The van der Waals surface area contributed by atoms with Gasteiger partial charge in [0.2, 0.25) is 0 Å². The van der Waals surface area contributed by atoms with Crippen LogP contribution in [-0.2, 0) is 19.5 Å². The van der Waals surface area contributed by atoms with Crippen LogP contribution in [0.4, 0.5) is 0 Å². The minimum Gasteiger partial charge on any atom is -0.472 e. The molecule has 3 aromatic rings. The summed E-state index contributed by atoms with van der Waals surface area (Å²) in [6.07, 6.45) is 6.77. The lowest BCUT2D eigenvalue weighted by Crippen LogP contribution is -2.28. The summed E-state index contributed by atoms with van der Waals surface area (Å²) in [5.41, 5.74) is 3.80. The van der Waals surface area contributed by atoms with Gasteiger partial charge >= 0.3 is 0 Å². The molecule has 0 spiro atoms. The number of benzene rings is 1. The van der Waals surface area contributed by atoms with Crippen molar-refractivity contribution >= 4 is 0 Å². The lowest BCUT2D eigenvalue weighted by atomic mass is 9.89. The molecule has 2 aliphatic heterocycles. The van der Waals surface area contributed by atoms with E-state index in [1.54, 1.807) is 6.26 Å². The third kappa shape index (κ3) is 2.38. The molecule has 0 unspecified atom stereocenters. The van der Waals surface area contributed by atoms with Crippen LogP contribution in [0.3, 0.4) is 0 Å². The molecule has 4 heteroatoms. The van der Waals surface area contributed by atoms with Gasteiger partial charge in [-0.2, -0.15) is 0 Å². The first-order chi connectivity index (χ1) is 11.9. The van der Waals surface area contributed by atoms with Gasteiger partial charge in [-0.3, -0.25) is 4.90 Å². The largest absolute Gasteiger partial charge is 0.472 e. The quantitative estimate of drug-likeness (QED) is 0.741. The molecule has 5 rings (SSSR count). The van der Waals surface area contributed by atoms with Gasteiger partial charge in [0, 0.05) is 38.2 Å². The molecule has 24 heavy (non-hydrogen) atoms. The van der Waals surface area contributed by atoms with Crippen LogP contribution in [0.5, 0.6) is 0 Å². The van der Waals surface area contributed by atoms with E-state index in [0.29, 0.717) is 0 Å². The van der Waals surface area contributed by atoms with Crippen molar-refractivity contribution in [2.75, 3.05) is 13.1 Å². The van der Waals surface area contributed by atoms with Gasteiger partial charge in [-0.05, 0) is 23.5 Å². The Balaban J connectivity index is 1.37. The number of imidazole rings is 1. The molecule has 2 atom stereocenters. The summed E-state index contributed by atoms with van der Waals surface area (Å²) in [6, 6.07) is 12.7. The molecule has 0 amide bonds. The molecule has 4 nitrogen and oxygen atoms in total. The minimum atomic E-state index is 0.723. The van der Waals surface area contributed by atoms with Gasteiger partial charge in [-0.1, -0.05) is 30.3 Å². The number of hydrogen-bond donors (Lipinski definition) is 0. The summed E-state index contributed by atoms with van der Waals surface area (Å²) in [6.45, 7) is 4.43. The Bertz CT molecular complexity index is 822. The second-order valence-corrected chi connectivity index (χ2v) is 7.09. The topological polar surface area (TPSA) is 34.2 Å². The molecule has 4 heterocycles. The number of furan rings is 1. The van der Waals surface area contributed by atoms with E-state index in [-0.39, 0.29) is 0 Å². The fraction of sp³-hybridized carbons (Fsp3) is 0.350. The highest BCUT2D eigenvalue weighted by Crippen LogP contribution is 2.35. The molecular formula is C20H21N3O. The van der Waals surface area contributed by atoms with Crippen molar-refractivity contribution in [3.8, 4) is 11.3 Å². The number of rotatable bonds is 3. The molecule has 1 aromatic carbocycles. The van der Waals surface area contributed by atoms with Crippen molar-refractivity contribution < 1.29 is 4.42 Å². The Morgan fingerprint density at radius 3 is 2.75 bits per heavy atom. The number of fused-ring (bicyclic) bond motifs is 2. The molecule has 0 radical (unpaired) electrons. The van der Waals surface area contributed by atoms with E-state index in [9.17, 15) is 0 Å². The van der Waals surface area contributed by atoms with Crippen LogP contribution < -0.4 is 0 Å². The van der Waals surface area contributed by atoms with E-state index in [2.05, 4.69) is 52.1 Å². The van der Waals surface area contributed by atoms with E-state index in [1.165, 1.54) is 35.7 Å². The van der Waals surface area contributed by atoms with Crippen LogP contribution in [0.2, 0.25) is 0 Å². The summed E-state index contributed by atoms with van der Waals surface area (Å²) >= 11 is 0. The molecule has 122 valence electrons. The molecular weight excluding hydrogens is 298 g/mol. The predicted octanol–water partition coefficient (Wildman–Crippen LogP) is 3.45. The summed E-state index contributed by atoms with van der Waals surface area (Å²) in [4.78, 5) is 7.29. The fourth-order valence-electron chi connectivity index (χ4n) is 4.33. The molecule has 0 saturated carbocycles. The maximum atomic E-state index is 5.21. The molecule has 0 bridgehead atoms. The van der Waals surface area contributed by atoms with Crippen LogP contribution in [-0.4, -0.2) is 27.5 Å². The highest BCUT2D eigenvalue weighted by atomic mass is 16.3. The highest BCUT2D eigenvalue weighted by molar-refractivity contribution is 5.59. The predicted molar refractivity (Wildman–Crippen MR) is 92.3 cm³/mol. The smallest absolute Gasteiger partial charge is 0.109 e. The van der Waals surface area contributed by atoms with E-state index < -0.39 is 0 Å². The number of aromatic nitrogens is 2. The van der Waals surface area contributed by atoms with Crippen molar-refractivity contribution in [1.29, 1.82) is 0 Å². The van der Waals surface area contributed by atoms with Gasteiger partial charge in [0.25, 0.3) is 0 Å². The zero-order chi connectivity index (χ0) is 15.9. The highest BCUT2D eigenvalue weighted by Gasteiger charge is 2.37. The maximum absolute atomic E-state index is 5.21. The molecule has 2 aliphatic rings.